The van der Waals surface area contributed by atoms with E-state index in [0.717, 1.165) is 19.9 Å². The van der Waals surface area contributed by atoms with Crippen LogP contribution in [-0.4, -0.2) is 28.6 Å². The number of nitrogens with one attached hydrogen (secondary N) is 1. The fraction of sp³-hybridized carbons (Fsp3) is 0.333. The fourth-order valence-electron chi connectivity index (χ4n) is 2.43. The van der Waals surface area contributed by atoms with Crippen LogP contribution in [0.2, 0.25) is 0 Å². The number of rotatable bonds is 4. The molecule has 21 heavy (non-hydrogen) atoms. The summed E-state index contributed by atoms with van der Waals surface area (Å²) < 4.78 is 1.05. The highest BCUT2D eigenvalue weighted by atomic mass is 79.9. The number of H-pyrrole nitrogens is 1. The average Bonchev–Trinajstić information content (AvgIpc) is 2.92. The summed E-state index contributed by atoms with van der Waals surface area (Å²) in [5, 5.41) is 0. The molecule has 0 atom stereocenters. The van der Waals surface area contributed by atoms with Crippen LogP contribution in [0, 0.1) is 13.8 Å². The summed E-state index contributed by atoms with van der Waals surface area (Å²) in [5.41, 5.74) is 2.58. The summed E-state index contributed by atoms with van der Waals surface area (Å²) >= 11 is 5.02. The zero-order valence-electron chi connectivity index (χ0n) is 12.4. The van der Waals surface area contributed by atoms with Crippen molar-refractivity contribution in [3.8, 4) is 0 Å². The number of nitrogens with zero attached hydrogens (tertiary/aromatic N) is 1. The van der Waals surface area contributed by atoms with Gasteiger partial charge in [0.1, 0.15) is 5.69 Å². The van der Waals surface area contributed by atoms with Crippen molar-refractivity contribution in [2.24, 2.45) is 0 Å². The lowest BCUT2D eigenvalue weighted by Gasteiger charge is -2.16. The van der Waals surface area contributed by atoms with Crippen LogP contribution < -0.4 is 0 Å². The number of thiophene rings is 1. The lowest BCUT2D eigenvalue weighted by atomic mass is 10.1. The first kappa shape index (κ1) is 16.0. The highest BCUT2D eigenvalue weighted by molar-refractivity contribution is 9.11. The van der Waals surface area contributed by atoms with Gasteiger partial charge in [0.25, 0.3) is 5.91 Å². The van der Waals surface area contributed by atoms with Crippen molar-refractivity contribution < 1.29 is 9.59 Å². The molecule has 112 valence electrons. The molecule has 1 N–H and O–H groups in total. The molecule has 0 fully saturated rings. The van der Waals surface area contributed by atoms with Crippen LogP contribution in [-0.2, 0) is 6.54 Å². The number of aromatic amines is 1. The second-order valence-corrected chi connectivity index (χ2v) is 7.60. The fourth-order valence-corrected chi connectivity index (χ4v) is 3.96. The normalized spacial score (nSPS) is 10.7. The lowest BCUT2D eigenvalue weighted by Crippen LogP contribution is -2.26. The van der Waals surface area contributed by atoms with E-state index in [1.54, 1.807) is 23.3 Å². The molecule has 6 heteroatoms. The summed E-state index contributed by atoms with van der Waals surface area (Å²) in [4.78, 5) is 30.0. The van der Waals surface area contributed by atoms with E-state index in [2.05, 4.69) is 20.9 Å². The van der Waals surface area contributed by atoms with Crippen molar-refractivity contribution in [1.82, 2.24) is 9.88 Å². The van der Waals surface area contributed by atoms with E-state index in [-0.39, 0.29) is 11.7 Å². The number of aryl methyl sites for hydroxylation is 1. The van der Waals surface area contributed by atoms with E-state index in [4.69, 9.17) is 0 Å². The number of amides is 1. The van der Waals surface area contributed by atoms with Crippen molar-refractivity contribution in [2.75, 3.05) is 7.05 Å². The molecule has 0 spiro atoms. The zero-order chi connectivity index (χ0) is 15.7. The predicted octanol–water partition coefficient (Wildman–Crippen LogP) is 3.93. The maximum atomic E-state index is 12.5. The number of Topliss-reactive ketones (excluding diaryl/α,β-unsaturated/α-hetero) is 1. The topological polar surface area (TPSA) is 53.2 Å². The van der Waals surface area contributed by atoms with Gasteiger partial charge in [-0.05, 0) is 54.4 Å². The molecule has 0 saturated heterocycles. The van der Waals surface area contributed by atoms with E-state index in [1.165, 1.54) is 6.92 Å². The Morgan fingerprint density at radius 2 is 2.00 bits per heavy atom. The summed E-state index contributed by atoms with van der Waals surface area (Å²) in [6, 6.07) is 3.96. The molecule has 2 rings (SSSR count). The minimum absolute atomic E-state index is 0.0230. The first-order valence-electron chi connectivity index (χ1n) is 6.51. The van der Waals surface area contributed by atoms with Crippen LogP contribution >= 0.6 is 27.3 Å². The molecule has 0 bridgehead atoms. The molecular formula is C15H17BrN2O2S. The van der Waals surface area contributed by atoms with Crippen molar-refractivity contribution in [2.45, 2.75) is 27.3 Å². The van der Waals surface area contributed by atoms with Crippen LogP contribution in [0.3, 0.4) is 0 Å². The zero-order valence-corrected chi connectivity index (χ0v) is 14.8. The monoisotopic (exact) mass is 368 g/mol. The summed E-state index contributed by atoms with van der Waals surface area (Å²) in [7, 11) is 1.76. The van der Waals surface area contributed by atoms with E-state index < -0.39 is 0 Å². The van der Waals surface area contributed by atoms with Gasteiger partial charge >= 0.3 is 0 Å². The number of hydrogen-bond donors (Lipinski definition) is 1. The number of ketones is 1. The molecule has 0 unspecified atom stereocenters. The van der Waals surface area contributed by atoms with Crippen LogP contribution in [0.5, 0.6) is 0 Å². The summed E-state index contributed by atoms with van der Waals surface area (Å²) in [6.07, 6.45) is 0. The average molecular weight is 369 g/mol. The molecule has 0 aliphatic heterocycles. The quantitative estimate of drug-likeness (QED) is 0.831. The van der Waals surface area contributed by atoms with Gasteiger partial charge in [-0.15, -0.1) is 11.3 Å². The lowest BCUT2D eigenvalue weighted by molar-refractivity contribution is 0.0780. The molecule has 0 radical (unpaired) electrons. The Labute approximate surface area is 136 Å². The standard InChI is InChI=1S/C15H17BrN2O2S/c1-8-13(10(3)19)9(2)17-14(8)15(20)18(4)7-11-5-6-12(16)21-11/h5-6,17H,7H2,1-4H3. The molecule has 2 aromatic heterocycles. The molecule has 0 aliphatic carbocycles. The van der Waals surface area contributed by atoms with Crippen LogP contribution in [0.25, 0.3) is 0 Å². The molecule has 0 saturated carbocycles. The molecular weight excluding hydrogens is 352 g/mol. The van der Waals surface area contributed by atoms with Crippen molar-refractivity contribution in [3.63, 3.8) is 0 Å². The van der Waals surface area contributed by atoms with Crippen LogP contribution in [0.4, 0.5) is 0 Å². The number of hydrogen-bond acceptors (Lipinski definition) is 3. The predicted molar refractivity (Wildman–Crippen MR) is 88.1 cm³/mol. The summed E-state index contributed by atoms with van der Waals surface area (Å²) in [6.45, 7) is 5.69. The maximum absolute atomic E-state index is 12.5. The van der Waals surface area contributed by atoms with Gasteiger partial charge in [0.15, 0.2) is 5.78 Å². The second-order valence-electron chi connectivity index (χ2n) is 5.05. The third-order valence-corrected chi connectivity index (χ3v) is 4.98. The van der Waals surface area contributed by atoms with E-state index in [9.17, 15) is 9.59 Å². The van der Waals surface area contributed by atoms with Crippen molar-refractivity contribution >= 4 is 39.0 Å². The van der Waals surface area contributed by atoms with Gasteiger partial charge in [-0.25, -0.2) is 0 Å². The van der Waals surface area contributed by atoms with E-state index in [0.29, 0.717) is 17.8 Å². The maximum Gasteiger partial charge on any atom is 0.270 e. The second kappa shape index (κ2) is 6.15. The first-order chi connectivity index (χ1) is 9.81. The van der Waals surface area contributed by atoms with Gasteiger partial charge in [-0.1, -0.05) is 0 Å². The number of halogens is 1. The van der Waals surface area contributed by atoms with Gasteiger partial charge in [-0.3, -0.25) is 9.59 Å². The van der Waals surface area contributed by atoms with Gasteiger partial charge in [0.2, 0.25) is 0 Å². The Hall–Kier alpha value is -1.40. The number of aromatic nitrogens is 1. The highest BCUT2D eigenvalue weighted by Gasteiger charge is 2.22. The smallest absolute Gasteiger partial charge is 0.270 e. The van der Waals surface area contributed by atoms with Gasteiger partial charge in [-0.2, -0.15) is 0 Å². The minimum atomic E-state index is -0.104. The molecule has 2 heterocycles. The Bertz CT molecular complexity index is 703. The van der Waals surface area contributed by atoms with Gasteiger partial charge in [0.05, 0.1) is 10.3 Å². The Morgan fingerprint density at radius 1 is 1.33 bits per heavy atom. The largest absolute Gasteiger partial charge is 0.354 e. The molecule has 0 aromatic carbocycles. The highest BCUT2D eigenvalue weighted by Crippen LogP contribution is 2.24. The number of carbonyl (C=O) groups excluding carboxylic acids is 2. The minimum Gasteiger partial charge on any atom is -0.354 e. The van der Waals surface area contributed by atoms with Crippen LogP contribution in [0.15, 0.2) is 15.9 Å². The molecule has 4 nitrogen and oxygen atoms in total. The molecule has 0 aliphatic rings. The third kappa shape index (κ3) is 3.27. The summed E-state index contributed by atoms with van der Waals surface area (Å²) in [5.74, 6) is -0.127. The Kier molecular flexibility index (Phi) is 4.68. The van der Waals surface area contributed by atoms with E-state index in [1.807, 2.05) is 26.0 Å². The van der Waals surface area contributed by atoms with Crippen molar-refractivity contribution in [1.29, 1.82) is 0 Å². The first-order valence-corrected chi connectivity index (χ1v) is 8.12. The molecule has 1 amide bonds. The van der Waals surface area contributed by atoms with Gasteiger partial charge < -0.3 is 9.88 Å². The van der Waals surface area contributed by atoms with E-state index >= 15 is 0 Å². The third-order valence-electron chi connectivity index (χ3n) is 3.37. The Morgan fingerprint density at radius 3 is 2.48 bits per heavy atom. The van der Waals surface area contributed by atoms with Gasteiger partial charge in [0, 0.05) is 23.2 Å². The SMILES string of the molecule is CC(=O)c1c(C)[nH]c(C(=O)N(C)Cc2ccc(Br)s2)c1C. The number of carbonyl (C=O) groups is 2. The Balaban J connectivity index is 2.23. The van der Waals surface area contributed by atoms with Crippen molar-refractivity contribution in [3.05, 3.63) is 43.3 Å². The molecule has 2 aromatic rings. The van der Waals surface area contributed by atoms with Crippen LogP contribution in [0.1, 0.15) is 43.9 Å².